The molecule has 8 nitrogen and oxygen atoms in total. The fourth-order valence-electron chi connectivity index (χ4n) is 3.79. The zero-order valence-corrected chi connectivity index (χ0v) is 20.4. The Morgan fingerprint density at radius 1 is 1.15 bits per heavy atom. The monoisotopic (exact) mass is 488 g/mol. The quantitative estimate of drug-likeness (QED) is 0.463. The predicted molar refractivity (Wildman–Crippen MR) is 130 cm³/mol. The number of imidazole rings is 1. The smallest absolute Gasteiger partial charge is 0.243 e. The Balaban J connectivity index is 1.44. The second kappa shape index (κ2) is 10.3. The zero-order chi connectivity index (χ0) is 23.4. The van der Waals surface area contributed by atoms with Crippen molar-refractivity contribution in [3.8, 4) is 0 Å². The van der Waals surface area contributed by atoms with Gasteiger partial charge in [0.25, 0.3) is 0 Å². The van der Waals surface area contributed by atoms with E-state index in [1.165, 1.54) is 16.1 Å². The molecular weight excluding hydrogens is 460 g/mol. The van der Waals surface area contributed by atoms with Gasteiger partial charge in [-0.15, -0.1) is 0 Å². The lowest BCUT2D eigenvalue weighted by atomic mass is 10.3. The van der Waals surface area contributed by atoms with Gasteiger partial charge >= 0.3 is 0 Å². The minimum absolute atomic E-state index is 0.180. The molecule has 1 aliphatic heterocycles. The van der Waals surface area contributed by atoms with Gasteiger partial charge in [0, 0.05) is 32.4 Å². The molecule has 1 fully saturated rings. The Morgan fingerprint density at radius 2 is 1.85 bits per heavy atom. The highest BCUT2D eigenvalue weighted by molar-refractivity contribution is 8.00. The van der Waals surface area contributed by atoms with Crippen LogP contribution < -0.4 is 5.32 Å². The number of ether oxygens (including phenoxy) is 1. The molecule has 2 heterocycles. The standard InChI is InChI=1S/C23H28N4O4S2/c1-17(32-23-25-20-7-3-4-8-21(20)27(23)15-16-31-2)22(28)24-18-9-11-19(12-10-18)33(29,30)26-13-5-6-14-26/h3-4,7-12,17H,5-6,13-16H2,1-2H3,(H,24,28)/t17-/m1/s1. The van der Waals surface area contributed by atoms with Crippen molar-refractivity contribution in [2.75, 3.05) is 32.1 Å². The summed E-state index contributed by atoms with van der Waals surface area (Å²) in [6, 6.07) is 14.2. The molecule has 1 aliphatic rings. The Morgan fingerprint density at radius 3 is 2.55 bits per heavy atom. The number of hydrogen-bond donors (Lipinski definition) is 1. The molecule has 3 aromatic rings. The number of sulfonamides is 1. The molecule has 176 valence electrons. The van der Waals surface area contributed by atoms with Crippen LogP contribution in [0, 0.1) is 0 Å². The number of amides is 1. The summed E-state index contributed by atoms with van der Waals surface area (Å²) in [4.78, 5) is 17.8. The Kier molecular flexibility index (Phi) is 7.38. The maximum atomic E-state index is 12.8. The van der Waals surface area contributed by atoms with E-state index in [4.69, 9.17) is 9.72 Å². The molecule has 1 N–H and O–H groups in total. The lowest BCUT2D eigenvalue weighted by Gasteiger charge is -2.16. The predicted octanol–water partition coefficient (Wildman–Crippen LogP) is 3.59. The molecular formula is C23H28N4O4S2. The first-order valence-electron chi connectivity index (χ1n) is 10.9. The van der Waals surface area contributed by atoms with Crippen LogP contribution in [0.1, 0.15) is 19.8 Å². The van der Waals surface area contributed by atoms with Crippen molar-refractivity contribution in [1.29, 1.82) is 0 Å². The van der Waals surface area contributed by atoms with Gasteiger partial charge in [0.2, 0.25) is 15.9 Å². The molecule has 1 saturated heterocycles. The normalized spacial score (nSPS) is 15.7. The van der Waals surface area contributed by atoms with Crippen LogP contribution in [0.3, 0.4) is 0 Å². The van der Waals surface area contributed by atoms with E-state index in [1.807, 2.05) is 31.2 Å². The lowest BCUT2D eigenvalue weighted by molar-refractivity contribution is -0.115. The van der Waals surface area contributed by atoms with E-state index in [-0.39, 0.29) is 10.8 Å². The number of fused-ring (bicyclic) bond motifs is 1. The van der Waals surface area contributed by atoms with E-state index in [0.29, 0.717) is 31.9 Å². The van der Waals surface area contributed by atoms with Crippen LogP contribution in [0.15, 0.2) is 58.6 Å². The van der Waals surface area contributed by atoms with E-state index >= 15 is 0 Å². The maximum Gasteiger partial charge on any atom is 0.243 e. The number of carbonyl (C=O) groups excluding carboxylic acids is 1. The van der Waals surface area contributed by atoms with E-state index in [9.17, 15) is 13.2 Å². The van der Waals surface area contributed by atoms with Crippen molar-refractivity contribution < 1.29 is 17.9 Å². The van der Waals surface area contributed by atoms with Crippen molar-refractivity contribution >= 4 is 44.4 Å². The van der Waals surface area contributed by atoms with Crippen molar-refractivity contribution in [3.05, 3.63) is 48.5 Å². The van der Waals surface area contributed by atoms with Crippen LogP contribution in [0.2, 0.25) is 0 Å². The van der Waals surface area contributed by atoms with Crippen LogP contribution in [0.25, 0.3) is 11.0 Å². The summed E-state index contributed by atoms with van der Waals surface area (Å²) in [5.41, 5.74) is 2.43. The number of benzene rings is 2. The first kappa shape index (κ1) is 23.7. The Bertz CT molecular complexity index is 1220. The molecule has 0 radical (unpaired) electrons. The molecule has 2 aromatic carbocycles. The molecule has 1 atom stereocenters. The van der Waals surface area contributed by atoms with Crippen LogP contribution in [0.5, 0.6) is 0 Å². The van der Waals surface area contributed by atoms with Gasteiger partial charge in [0.1, 0.15) is 0 Å². The second-order valence-electron chi connectivity index (χ2n) is 7.91. The molecule has 33 heavy (non-hydrogen) atoms. The summed E-state index contributed by atoms with van der Waals surface area (Å²) in [6.45, 7) is 4.13. The van der Waals surface area contributed by atoms with Crippen LogP contribution in [-0.2, 0) is 26.1 Å². The highest BCUT2D eigenvalue weighted by Gasteiger charge is 2.27. The summed E-state index contributed by atoms with van der Waals surface area (Å²) in [7, 11) is -1.81. The summed E-state index contributed by atoms with van der Waals surface area (Å²) in [5, 5.41) is 3.22. The summed E-state index contributed by atoms with van der Waals surface area (Å²) < 4.78 is 34.2. The van der Waals surface area contributed by atoms with Gasteiger partial charge in [-0.05, 0) is 56.2 Å². The minimum atomic E-state index is -3.47. The molecule has 1 amide bonds. The number of nitrogens with one attached hydrogen (secondary N) is 1. The van der Waals surface area contributed by atoms with Crippen molar-refractivity contribution in [2.45, 2.75) is 41.6 Å². The zero-order valence-electron chi connectivity index (χ0n) is 18.7. The number of aromatic nitrogens is 2. The van der Waals surface area contributed by atoms with Crippen LogP contribution >= 0.6 is 11.8 Å². The highest BCUT2D eigenvalue weighted by Crippen LogP contribution is 2.28. The fourth-order valence-corrected chi connectivity index (χ4v) is 6.25. The van der Waals surface area contributed by atoms with Crippen molar-refractivity contribution in [3.63, 3.8) is 0 Å². The Labute approximate surface area is 198 Å². The third-order valence-corrected chi connectivity index (χ3v) is 8.62. The minimum Gasteiger partial charge on any atom is -0.383 e. The van der Waals surface area contributed by atoms with Gasteiger partial charge in [-0.25, -0.2) is 13.4 Å². The topological polar surface area (TPSA) is 93.5 Å². The van der Waals surface area contributed by atoms with Crippen LogP contribution in [0.4, 0.5) is 5.69 Å². The van der Waals surface area contributed by atoms with E-state index in [1.54, 1.807) is 31.4 Å². The summed E-state index contributed by atoms with van der Waals surface area (Å²) >= 11 is 1.38. The largest absolute Gasteiger partial charge is 0.383 e. The molecule has 1 aromatic heterocycles. The van der Waals surface area contributed by atoms with Gasteiger partial charge in [0.05, 0.1) is 27.8 Å². The third kappa shape index (κ3) is 5.24. The van der Waals surface area contributed by atoms with Gasteiger partial charge in [-0.3, -0.25) is 4.79 Å². The van der Waals surface area contributed by atoms with Crippen molar-refractivity contribution in [2.24, 2.45) is 0 Å². The van der Waals surface area contributed by atoms with Gasteiger partial charge < -0.3 is 14.6 Å². The number of rotatable bonds is 9. The summed E-state index contributed by atoms with van der Waals surface area (Å²) in [5.74, 6) is -0.180. The maximum absolute atomic E-state index is 12.8. The number of carbonyl (C=O) groups is 1. The van der Waals surface area contributed by atoms with Gasteiger partial charge in [0.15, 0.2) is 5.16 Å². The van der Waals surface area contributed by atoms with Gasteiger partial charge in [-0.1, -0.05) is 23.9 Å². The second-order valence-corrected chi connectivity index (χ2v) is 11.2. The number of methoxy groups -OCH3 is 1. The molecule has 0 saturated carbocycles. The molecule has 0 aliphatic carbocycles. The van der Waals surface area contributed by atoms with Crippen LogP contribution in [-0.4, -0.2) is 60.2 Å². The fraction of sp³-hybridized carbons (Fsp3) is 0.391. The number of thioether (sulfide) groups is 1. The average Bonchev–Trinajstić information content (AvgIpc) is 3.47. The third-order valence-electron chi connectivity index (χ3n) is 5.61. The lowest BCUT2D eigenvalue weighted by Crippen LogP contribution is -2.27. The molecule has 0 spiro atoms. The Hall–Kier alpha value is -2.40. The van der Waals surface area contributed by atoms with E-state index in [2.05, 4.69) is 9.88 Å². The highest BCUT2D eigenvalue weighted by atomic mass is 32.2. The first-order chi connectivity index (χ1) is 15.9. The SMILES string of the molecule is COCCn1c(S[C@H](C)C(=O)Nc2ccc(S(=O)(=O)N3CCCC3)cc2)nc2ccccc21. The molecule has 10 heteroatoms. The number of para-hydroxylation sites is 2. The molecule has 4 rings (SSSR count). The molecule has 0 unspecified atom stereocenters. The van der Waals surface area contributed by atoms with E-state index < -0.39 is 15.3 Å². The first-order valence-corrected chi connectivity index (χ1v) is 13.2. The number of anilines is 1. The summed E-state index contributed by atoms with van der Waals surface area (Å²) in [6.07, 6.45) is 1.78. The molecule has 0 bridgehead atoms. The average molecular weight is 489 g/mol. The van der Waals surface area contributed by atoms with E-state index in [0.717, 1.165) is 29.0 Å². The number of hydrogen-bond acceptors (Lipinski definition) is 6. The van der Waals surface area contributed by atoms with Gasteiger partial charge in [-0.2, -0.15) is 4.31 Å². The van der Waals surface area contributed by atoms with Crippen molar-refractivity contribution in [1.82, 2.24) is 13.9 Å². The number of nitrogens with zero attached hydrogens (tertiary/aromatic N) is 3.